The van der Waals surface area contributed by atoms with Crippen LogP contribution in [0.1, 0.15) is 25.1 Å². The maximum absolute atomic E-state index is 10.8. The summed E-state index contributed by atoms with van der Waals surface area (Å²) >= 11 is 0. The van der Waals surface area contributed by atoms with E-state index in [1.807, 2.05) is 24.3 Å². The molecule has 0 aliphatic heterocycles. The van der Waals surface area contributed by atoms with Crippen LogP contribution in [0, 0.1) is 0 Å². The van der Waals surface area contributed by atoms with Crippen LogP contribution in [0.4, 0.5) is 0 Å². The number of hydrogen-bond acceptors (Lipinski definition) is 8. The van der Waals surface area contributed by atoms with E-state index in [4.69, 9.17) is 4.94 Å². The fraction of sp³-hybridized carbons (Fsp3) is 0.167. The summed E-state index contributed by atoms with van der Waals surface area (Å²) in [5.74, 6) is -0.356. The van der Waals surface area contributed by atoms with E-state index in [2.05, 4.69) is 42.0 Å². The highest BCUT2D eigenvalue weighted by atomic mass is 16.8. The standard InChI is InChI=1S/C18H16N8O2/c1-11(23-28-24-12(2)27)16-9-20-17-18(21-16)26(25-22-17)10-13-5-6-15-14(8-13)4-3-7-19-15/h3-9H,10H2,1-2H3,(H,24,27). The number of hydroxylamine groups is 1. The predicted octanol–water partition coefficient (Wildman–Crippen LogP) is 1.61. The van der Waals surface area contributed by atoms with Gasteiger partial charge in [0.15, 0.2) is 5.65 Å². The first-order valence-electron chi connectivity index (χ1n) is 8.47. The van der Waals surface area contributed by atoms with E-state index >= 15 is 0 Å². The second kappa shape index (κ2) is 7.35. The fourth-order valence-corrected chi connectivity index (χ4v) is 2.63. The Balaban J connectivity index is 1.62. The van der Waals surface area contributed by atoms with E-state index in [-0.39, 0.29) is 5.91 Å². The Hall–Kier alpha value is -3.95. The van der Waals surface area contributed by atoms with E-state index in [9.17, 15) is 4.79 Å². The summed E-state index contributed by atoms with van der Waals surface area (Å²) in [6.07, 6.45) is 3.29. The lowest BCUT2D eigenvalue weighted by atomic mass is 10.1. The van der Waals surface area contributed by atoms with Crippen molar-refractivity contribution in [2.45, 2.75) is 20.4 Å². The number of fused-ring (bicyclic) bond motifs is 2. The van der Waals surface area contributed by atoms with E-state index in [0.717, 1.165) is 16.5 Å². The third kappa shape index (κ3) is 3.61. The first-order valence-corrected chi connectivity index (χ1v) is 8.47. The number of rotatable bonds is 5. The fourth-order valence-electron chi connectivity index (χ4n) is 2.63. The Kier molecular flexibility index (Phi) is 4.58. The molecule has 3 aromatic heterocycles. The summed E-state index contributed by atoms with van der Waals surface area (Å²) in [7, 11) is 0. The van der Waals surface area contributed by atoms with E-state index in [1.165, 1.54) is 13.1 Å². The number of nitrogens with one attached hydrogen (secondary N) is 1. The molecule has 0 bridgehead atoms. The Morgan fingerprint density at radius 3 is 3.00 bits per heavy atom. The summed E-state index contributed by atoms with van der Waals surface area (Å²) < 4.78 is 1.67. The monoisotopic (exact) mass is 376 g/mol. The van der Waals surface area contributed by atoms with Crippen molar-refractivity contribution in [3.8, 4) is 0 Å². The van der Waals surface area contributed by atoms with Crippen molar-refractivity contribution in [2.24, 2.45) is 5.16 Å². The molecule has 1 amide bonds. The normalized spacial score (nSPS) is 11.7. The molecule has 0 unspecified atom stereocenters. The van der Waals surface area contributed by atoms with E-state index in [1.54, 1.807) is 17.8 Å². The Bertz CT molecular complexity index is 1200. The Morgan fingerprint density at radius 1 is 1.25 bits per heavy atom. The van der Waals surface area contributed by atoms with Crippen LogP contribution >= 0.6 is 0 Å². The Morgan fingerprint density at radius 2 is 2.14 bits per heavy atom. The van der Waals surface area contributed by atoms with Crippen LogP contribution in [0.2, 0.25) is 0 Å². The molecule has 140 valence electrons. The van der Waals surface area contributed by atoms with Gasteiger partial charge in [0.1, 0.15) is 11.4 Å². The largest absolute Gasteiger partial charge is 0.272 e. The van der Waals surface area contributed by atoms with Crippen molar-refractivity contribution in [1.29, 1.82) is 0 Å². The van der Waals surface area contributed by atoms with Crippen molar-refractivity contribution in [1.82, 2.24) is 35.4 Å². The lowest BCUT2D eigenvalue weighted by Gasteiger charge is -2.05. The molecule has 4 aromatic rings. The van der Waals surface area contributed by atoms with Gasteiger partial charge in [-0.05, 0) is 30.7 Å². The van der Waals surface area contributed by atoms with Crippen molar-refractivity contribution in [2.75, 3.05) is 0 Å². The SMILES string of the molecule is CC(=O)NON=C(C)c1cnc2nnn(Cc3ccc4ncccc4c3)c2n1. The second-order valence-corrected chi connectivity index (χ2v) is 6.11. The smallest absolute Gasteiger partial charge is 0.251 e. The number of aromatic nitrogens is 6. The summed E-state index contributed by atoms with van der Waals surface area (Å²) in [5, 5.41) is 13.1. The minimum atomic E-state index is -0.356. The highest BCUT2D eigenvalue weighted by molar-refractivity contribution is 5.97. The molecule has 28 heavy (non-hydrogen) atoms. The highest BCUT2D eigenvalue weighted by Gasteiger charge is 2.11. The zero-order valence-electron chi connectivity index (χ0n) is 15.2. The van der Waals surface area contributed by atoms with Crippen LogP contribution in [0.25, 0.3) is 22.2 Å². The third-order valence-corrected chi connectivity index (χ3v) is 3.97. The molecule has 0 aliphatic rings. The number of benzene rings is 1. The molecule has 10 heteroatoms. The zero-order valence-corrected chi connectivity index (χ0v) is 15.2. The molecule has 0 fully saturated rings. The molecule has 0 atom stereocenters. The van der Waals surface area contributed by atoms with Gasteiger partial charge in [0.2, 0.25) is 5.65 Å². The van der Waals surface area contributed by atoms with Crippen molar-refractivity contribution >= 4 is 33.8 Å². The average Bonchev–Trinajstić information content (AvgIpc) is 3.09. The molecule has 10 nitrogen and oxygen atoms in total. The van der Waals surface area contributed by atoms with Crippen molar-refractivity contribution in [3.63, 3.8) is 0 Å². The number of nitrogens with zero attached hydrogens (tertiary/aromatic N) is 7. The van der Waals surface area contributed by atoms with Gasteiger partial charge in [0.05, 0.1) is 18.3 Å². The summed E-state index contributed by atoms with van der Waals surface area (Å²) in [5.41, 5.74) is 6.00. The topological polar surface area (TPSA) is 120 Å². The number of carbonyl (C=O) groups is 1. The third-order valence-electron chi connectivity index (χ3n) is 3.97. The number of amides is 1. The van der Waals surface area contributed by atoms with Crippen LogP contribution in [-0.4, -0.2) is 41.6 Å². The molecule has 4 rings (SSSR count). The number of hydrogen-bond donors (Lipinski definition) is 1. The van der Waals surface area contributed by atoms with Gasteiger partial charge in [-0.3, -0.25) is 14.7 Å². The molecule has 0 radical (unpaired) electrons. The molecule has 1 N–H and O–H groups in total. The average molecular weight is 376 g/mol. The quantitative estimate of drug-likeness (QED) is 0.415. The molecule has 3 heterocycles. The molecular weight excluding hydrogens is 360 g/mol. The van der Waals surface area contributed by atoms with Crippen LogP contribution < -0.4 is 5.48 Å². The second-order valence-electron chi connectivity index (χ2n) is 6.11. The maximum atomic E-state index is 10.8. The highest BCUT2D eigenvalue weighted by Crippen LogP contribution is 2.15. The lowest BCUT2D eigenvalue weighted by molar-refractivity contribution is -0.131. The van der Waals surface area contributed by atoms with Gasteiger partial charge in [-0.25, -0.2) is 14.6 Å². The molecule has 0 saturated heterocycles. The van der Waals surface area contributed by atoms with E-state index in [0.29, 0.717) is 29.2 Å². The Labute approximate surface area is 159 Å². The van der Waals surface area contributed by atoms with Gasteiger partial charge in [-0.1, -0.05) is 22.5 Å². The first-order chi connectivity index (χ1) is 13.6. The maximum Gasteiger partial charge on any atom is 0.251 e. The molecule has 0 aliphatic carbocycles. The molecule has 0 saturated carbocycles. The van der Waals surface area contributed by atoms with Gasteiger partial charge in [0.25, 0.3) is 5.91 Å². The summed E-state index contributed by atoms with van der Waals surface area (Å²) in [4.78, 5) is 28.7. The number of pyridine rings is 1. The van der Waals surface area contributed by atoms with Gasteiger partial charge in [-0.2, -0.15) is 5.48 Å². The van der Waals surface area contributed by atoms with Gasteiger partial charge in [-0.15, -0.1) is 5.10 Å². The van der Waals surface area contributed by atoms with Crippen LogP contribution in [-0.2, 0) is 16.3 Å². The van der Waals surface area contributed by atoms with Crippen molar-refractivity contribution in [3.05, 3.63) is 54.0 Å². The summed E-state index contributed by atoms with van der Waals surface area (Å²) in [6.45, 7) is 3.50. The molecular formula is C18H16N8O2. The van der Waals surface area contributed by atoms with Crippen LogP contribution in [0.15, 0.2) is 47.9 Å². The minimum Gasteiger partial charge on any atom is -0.272 e. The van der Waals surface area contributed by atoms with Gasteiger partial charge in [0, 0.05) is 18.5 Å². The first kappa shape index (κ1) is 17.5. The minimum absolute atomic E-state index is 0.356. The summed E-state index contributed by atoms with van der Waals surface area (Å²) in [6, 6.07) is 9.93. The number of carbonyl (C=O) groups excluding carboxylic acids is 1. The van der Waals surface area contributed by atoms with Gasteiger partial charge < -0.3 is 0 Å². The van der Waals surface area contributed by atoms with E-state index < -0.39 is 0 Å². The predicted molar refractivity (Wildman–Crippen MR) is 101 cm³/mol. The van der Waals surface area contributed by atoms with Crippen LogP contribution in [0.3, 0.4) is 0 Å². The van der Waals surface area contributed by atoms with Gasteiger partial charge >= 0.3 is 0 Å². The van der Waals surface area contributed by atoms with Crippen molar-refractivity contribution < 1.29 is 9.73 Å². The lowest BCUT2D eigenvalue weighted by Crippen LogP contribution is -2.18. The number of oxime groups is 1. The van der Waals surface area contributed by atoms with Crippen LogP contribution in [0.5, 0.6) is 0 Å². The molecule has 1 aromatic carbocycles. The molecule has 0 spiro atoms. The zero-order chi connectivity index (χ0) is 19.5.